The fourth-order valence-electron chi connectivity index (χ4n) is 2.77. The van der Waals surface area contributed by atoms with E-state index >= 15 is 0 Å². The summed E-state index contributed by atoms with van der Waals surface area (Å²) in [7, 11) is -0.389. The van der Waals surface area contributed by atoms with Crippen LogP contribution in [-0.2, 0) is 9.31 Å². The van der Waals surface area contributed by atoms with Crippen LogP contribution in [0, 0.1) is 0 Å². The van der Waals surface area contributed by atoms with E-state index in [4.69, 9.17) is 9.31 Å². The van der Waals surface area contributed by atoms with Crippen molar-refractivity contribution in [2.75, 3.05) is 0 Å². The number of aromatic nitrogens is 2. The molecule has 6 heteroatoms. The average molecular weight is 312 g/mol. The molecule has 0 amide bonds. The first-order valence-electron chi connectivity index (χ1n) is 7.38. The van der Waals surface area contributed by atoms with Crippen molar-refractivity contribution in [2.45, 2.75) is 38.9 Å². The Labute approximate surface area is 133 Å². The zero-order valence-corrected chi connectivity index (χ0v) is 13.9. The van der Waals surface area contributed by atoms with E-state index in [1.54, 1.807) is 0 Å². The van der Waals surface area contributed by atoms with Gasteiger partial charge in [0.05, 0.1) is 15.9 Å². The Bertz CT molecular complexity index is 859. The first kappa shape index (κ1) is 14.1. The molecule has 4 nitrogen and oxygen atoms in total. The van der Waals surface area contributed by atoms with Gasteiger partial charge < -0.3 is 9.31 Å². The van der Waals surface area contributed by atoms with Gasteiger partial charge in [0.15, 0.2) is 0 Å². The Hall–Kier alpha value is -1.50. The highest BCUT2D eigenvalue weighted by Gasteiger charge is 2.52. The second kappa shape index (κ2) is 4.50. The van der Waals surface area contributed by atoms with Crippen LogP contribution in [0.25, 0.3) is 21.0 Å². The Morgan fingerprint density at radius 2 is 1.73 bits per heavy atom. The number of rotatable bonds is 1. The minimum absolute atomic E-state index is 0.353. The summed E-state index contributed by atoms with van der Waals surface area (Å²) < 4.78 is 17.6. The van der Waals surface area contributed by atoms with Crippen molar-refractivity contribution < 1.29 is 9.31 Å². The Morgan fingerprint density at radius 1 is 1.05 bits per heavy atom. The van der Waals surface area contributed by atoms with Crippen LogP contribution in [0.15, 0.2) is 30.3 Å². The molecule has 1 aliphatic heterocycles. The molecule has 4 rings (SSSR count). The van der Waals surface area contributed by atoms with Gasteiger partial charge in [-0.2, -0.15) is 0 Å². The highest BCUT2D eigenvalue weighted by atomic mass is 32.1. The molecule has 0 saturated carbocycles. The molecule has 1 fully saturated rings. The topological polar surface area (TPSA) is 44.2 Å². The van der Waals surface area contributed by atoms with E-state index in [9.17, 15) is 0 Å². The molecular formula is C16H17BN2O2S. The smallest absolute Gasteiger partial charge is 0.399 e. The van der Waals surface area contributed by atoms with Gasteiger partial charge in [0.1, 0.15) is 5.52 Å². The van der Waals surface area contributed by atoms with Crippen molar-refractivity contribution in [1.29, 1.82) is 0 Å². The molecule has 0 unspecified atom stereocenters. The number of fused-ring (bicyclic) bond motifs is 3. The van der Waals surface area contributed by atoms with Crippen LogP contribution in [-0.4, -0.2) is 27.9 Å². The quantitative estimate of drug-likeness (QED) is 0.648. The molecule has 0 radical (unpaired) electrons. The molecule has 1 aromatic heterocycles. The highest BCUT2D eigenvalue weighted by Crippen LogP contribution is 2.37. The first-order chi connectivity index (χ1) is 10.4. The van der Waals surface area contributed by atoms with Crippen LogP contribution in [0.4, 0.5) is 0 Å². The lowest BCUT2D eigenvalue weighted by atomic mass is 9.78. The number of nitrogens with zero attached hydrogens (tertiary/aromatic N) is 2. The predicted molar refractivity (Wildman–Crippen MR) is 90.6 cm³/mol. The minimum atomic E-state index is -0.389. The second-order valence-corrected chi connectivity index (χ2v) is 7.48. The summed E-state index contributed by atoms with van der Waals surface area (Å²) in [6, 6.07) is 10.4. The average Bonchev–Trinajstić information content (AvgIpc) is 3.01. The maximum absolute atomic E-state index is 6.21. The van der Waals surface area contributed by atoms with E-state index in [0.29, 0.717) is 0 Å². The van der Waals surface area contributed by atoms with Crippen LogP contribution in [0.5, 0.6) is 0 Å². The van der Waals surface area contributed by atoms with Crippen molar-refractivity contribution in [2.24, 2.45) is 0 Å². The summed E-state index contributed by atoms with van der Waals surface area (Å²) in [5, 5.41) is 6.56. The van der Waals surface area contributed by atoms with Crippen LogP contribution in [0.1, 0.15) is 27.7 Å². The largest absolute Gasteiger partial charge is 0.496 e. The second-order valence-electron chi connectivity index (χ2n) is 6.73. The molecule has 0 atom stereocenters. The SMILES string of the molecule is CC1(C)OB(c2cc3ccccc3c3nnsc23)OC1(C)C. The van der Waals surface area contributed by atoms with Crippen LogP contribution >= 0.6 is 11.5 Å². The molecule has 0 bridgehead atoms. The Kier molecular flexibility index (Phi) is 2.89. The number of hydrogen-bond acceptors (Lipinski definition) is 5. The molecule has 3 aromatic rings. The molecule has 112 valence electrons. The minimum Gasteiger partial charge on any atom is -0.399 e. The van der Waals surface area contributed by atoms with Gasteiger partial charge in [-0.3, -0.25) is 0 Å². The van der Waals surface area contributed by atoms with Crippen molar-refractivity contribution >= 4 is 45.1 Å². The van der Waals surface area contributed by atoms with Crippen LogP contribution in [0.3, 0.4) is 0 Å². The lowest BCUT2D eigenvalue weighted by Gasteiger charge is -2.32. The van der Waals surface area contributed by atoms with Gasteiger partial charge in [0.2, 0.25) is 0 Å². The predicted octanol–water partition coefficient (Wildman–Crippen LogP) is 3.14. The molecule has 2 aromatic carbocycles. The fraction of sp³-hybridized carbons (Fsp3) is 0.375. The zero-order valence-electron chi connectivity index (χ0n) is 13.1. The maximum Gasteiger partial charge on any atom is 0.496 e. The van der Waals surface area contributed by atoms with Crippen LogP contribution in [0.2, 0.25) is 0 Å². The molecule has 1 saturated heterocycles. The zero-order chi connectivity index (χ0) is 15.5. The number of hydrogen-bond donors (Lipinski definition) is 0. The summed E-state index contributed by atoms with van der Waals surface area (Å²) in [5.41, 5.74) is 1.23. The molecule has 22 heavy (non-hydrogen) atoms. The Morgan fingerprint density at radius 3 is 2.45 bits per heavy atom. The molecule has 1 aliphatic rings. The van der Waals surface area contributed by atoms with Gasteiger partial charge in [0.25, 0.3) is 0 Å². The standard InChI is InChI=1S/C16H17BN2O2S/c1-15(2)16(3,4)21-17(20-15)12-9-10-7-5-6-8-11(10)13-14(12)22-19-18-13/h5-9H,1-4H3. The Balaban J connectivity index is 1.93. The van der Waals surface area contributed by atoms with Crippen LogP contribution < -0.4 is 5.46 Å². The molecular weight excluding hydrogens is 295 g/mol. The number of benzene rings is 2. The lowest BCUT2D eigenvalue weighted by Crippen LogP contribution is -2.41. The third-order valence-corrected chi connectivity index (χ3v) is 5.56. The van der Waals surface area contributed by atoms with Gasteiger partial charge in [-0.05, 0) is 44.6 Å². The summed E-state index contributed by atoms with van der Waals surface area (Å²) >= 11 is 1.39. The van der Waals surface area contributed by atoms with Crippen molar-refractivity contribution in [3.8, 4) is 0 Å². The third-order valence-electron chi connectivity index (χ3n) is 4.78. The third kappa shape index (κ3) is 1.91. The van der Waals surface area contributed by atoms with Crippen molar-refractivity contribution in [3.63, 3.8) is 0 Å². The molecule has 2 heterocycles. The highest BCUT2D eigenvalue weighted by molar-refractivity contribution is 7.15. The van der Waals surface area contributed by atoms with Gasteiger partial charge in [-0.15, -0.1) is 5.10 Å². The fourth-order valence-corrected chi connectivity index (χ4v) is 3.47. The summed E-state index contributed by atoms with van der Waals surface area (Å²) in [5.74, 6) is 0. The van der Waals surface area contributed by atoms with Gasteiger partial charge in [0, 0.05) is 10.8 Å². The summed E-state index contributed by atoms with van der Waals surface area (Å²) in [4.78, 5) is 0. The maximum atomic E-state index is 6.21. The normalized spacial score (nSPS) is 20.1. The summed E-state index contributed by atoms with van der Waals surface area (Å²) in [6.45, 7) is 8.26. The van der Waals surface area contributed by atoms with E-state index in [-0.39, 0.29) is 18.3 Å². The van der Waals surface area contributed by atoms with Crippen molar-refractivity contribution in [3.05, 3.63) is 30.3 Å². The lowest BCUT2D eigenvalue weighted by molar-refractivity contribution is 0.00578. The van der Waals surface area contributed by atoms with Gasteiger partial charge in [-0.25, -0.2) is 0 Å². The van der Waals surface area contributed by atoms with Crippen molar-refractivity contribution in [1.82, 2.24) is 9.59 Å². The van der Waals surface area contributed by atoms with E-state index in [2.05, 4.69) is 55.5 Å². The first-order valence-corrected chi connectivity index (χ1v) is 8.16. The molecule has 0 aliphatic carbocycles. The molecule has 0 N–H and O–H groups in total. The molecule has 0 spiro atoms. The summed E-state index contributed by atoms with van der Waals surface area (Å²) in [6.07, 6.45) is 0. The van der Waals surface area contributed by atoms with Gasteiger partial charge in [-0.1, -0.05) is 34.8 Å². The van der Waals surface area contributed by atoms with E-state index in [1.165, 1.54) is 11.5 Å². The van der Waals surface area contributed by atoms with Gasteiger partial charge >= 0.3 is 7.12 Å². The van der Waals surface area contributed by atoms with E-state index in [1.807, 2.05) is 12.1 Å². The van der Waals surface area contributed by atoms with E-state index in [0.717, 1.165) is 26.5 Å². The monoisotopic (exact) mass is 312 g/mol. The van der Waals surface area contributed by atoms with E-state index < -0.39 is 0 Å².